The fraction of sp³-hybridized carbons (Fsp3) is 0.545. The van der Waals surface area contributed by atoms with E-state index in [2.05, 4.69) is 15.4 Å². The van der Waals surface area contributed by atoms with E-state index in [1.165, 1.54) is 0 Å². The molecule has 1 unspecified atom stereocenters. The minimum atomic E-state index is -0.844. The largest absolute Gasteiger partial charge is 0.481 e. The lowest BCUT2D eigenvalue weighted by molar-refractivity contribution is 0.201. The summed E-state index contributed by atoms with van der Waals surface area (Å²) in [6, 6.07) is 0. The van der Waals surface area contributed by atoms with E-state index < -0.39 is 6.10 Å². The van der Waals surface area contributed by atoms with E-state index in [1.54, 1.807) is 29.7 Å². The Morgan fingerprint density at radius 2 is 2.22 bits per heavy atom. The molecule has 7 nitrogen and oxygen atoms in total. The maximum absolute atomic E-state index is 10.5. The molecule has 0 bridgehead atoms. The van der Waals surface area contributed by atoms with Gasteiger partial charge in [0.2, 0.25) is 5.88 Å². The van der Waals surface area contributed by atoms with Crippen molar-refractivity contribution < 1.29 is 9.84 Å². The highest BCUT2D eigenvalue weighted by Crippen LogP contribution is 2.31. The van der Waals surface area contributed by atoms with E-state index in [0.29, 0.717) is 23.7 Å². The standard InChI is InChI=1S/C11H17N5O2/c1-5-16-8(6-12-14-16)10(17)9-7(2)13-15(3)11(9)18-4/h6,10,17H,5H2,1-4H3. The number of hydrogen-bond acceptors (Lipinski definition) is 5. The molecule has 0 saturated heterocycles. The van der Waals surface area contributed by atoms with Crippen molar-refractivity contribution in [3.63, 3.8) is 0 Å². The van der Waals surface area contributed by atoms with Crippen LogP contribution < -0.4 is 4.74 Å². The van der Waals surface area contributed by atoms with Gasteiger partial charge in [-0.05, 0) is 13.8 Å². The van der Waals surface area contributed by atoms with Gasteiger partial charge in [-0.15, -0.1) is 5.10 Å². The number of aliphatic hydroxyl groups is 1. The lowest BCUT2D eigenvalue weighted by Gasteiger charge is -2.12. The number of ether oxygens (including phenoxy) is 1. The third kappa shape index (κ3) is 1.86. The van der Waals surface area contributed by atoms with Crippen molar-refractivity contribution in [2.24, 2.45) is 7.05 Å². The van der Waals surface area contributed by atoms with E-state index in [1.807, 2.05) is 13.8 Å². The Morgan fingerprint density at radius 3 is 2.83 bits per heavy atom. The Morgan fingerprint density at radius 1 is 1.50 bits per heavy atom. The Bertz CT molecular complexity index is 546. The van der Waals surface area contributed by atoms with Crippen LogP contribution in [0.4, 0.5) is 0 Å². The first-order chi connectivity index (χ1) is 8.60. The van der Waals surface area contributed by atoms with Crippen molar-refractivity contribution in [1.29, 1.82) is 0 Å². The van der Waals surface area contributed by atoms with Gasteiger partial charge in [0.25, 0.3) is 0 Å². The van der Waals surface area contributed by atoms with Crippen LogP contribution in [0.15, 0.2) is 6.20 Å². The number of aromatic nitrogens is 5. The van der Waals surface area contributed by atoms with Crippen LogP contribution in [0.3, 0.4) is 0 Å². The van der Waals surface area contributed by atoms with Gasteiger partial charge in [0.05, 0.1) is 30.3 Å². The predicted octanol–water partition coefficient (Wildman–Crippen LogP) is 0.430. The molecule has 0 saturated carbocycles. The molecule has 0 fully saturated rings. The van der Waals surface area contributed by atoms with Crippen molar-refractivity contribution in [2.75, 3.05) is 7.11 Å². The third-order valence-electron chi connectivity index (χ3n) is 2.91. The highest BCUT2D eigenvalue weighted by molar-refractivity contribution is 5.37. The summed E-state index contributed by atoms with van der Waals surface area (Å²) in [7, 11) is 3.33. The minimum Gasteiger partial charge on any atom is -0.481 e. The molecule has 0 aliphatic carbocycles. The summed E-state index contributed by atoms with van der Waals surface area (Å²) in [4.78, 5) is 0. The van der Waals surface area contributed by atoms with Crippen molar-refractivity contribution in [3.8, 4) is 5.88 Å². The lowest BCUT2D eigenvalue weighted by Crippen LogP contribution is -2.10. The van der Waals surface area contributed by atoms with Crippen LogP contribution in [0.25, 0.3) is 0 Å². The van der Waals surface area contributed by atoms with Gasteiger partial charge < -0.3 is 9.84 Å². The molecule has 0 spiro atoms. The van der Waals surface area contributed by atoms with E-state index in [0.717, 1.165) is 5.69 Å². The molecule has 7 heteroatoms. The monoisotopic (exact) mass is 251 g/mol. The zero-order chi connectivity index (χ0) is 13.3. The van der Waals surface area contributed by atoms with Crippen molar-refractivity contribution in [3.05, 3.63) is 23.1 Å². The second kappa shape index (κ2) is 4.77. The smallest absolute Gasteiger partial charge is 0.217 e. The van der Waals surface area contributed by atoms with Gasteiger partial charge in [0.1, 0.15) is 6.10 Å². The van der Waals surface area contributed by atoms with Gasteiger partial charge in [-0.3, -0.25) is 0 Å². The average molecular weight is 251 g/mol. The molecule has 0 aromatic carbocycles. The molecule has 18 heavy (non-hydrogen) atoms. The molecule has 2 rings (SSSR count). The second-order valence-electron chi connectivity index (χ2n) is 4.01. The number of rotatable bonds is 4. The van der Waals surface area contributed by atoms with Crippen LogP contribution >= 0.6 is 0 Å². The summed E-state index contributed by atoms with van der Waals surface area (Å²) in [5.41, 5.74) is 2.01. The fourth-order valence-corrected chi connectivity index (χ4v) is 2.08. The van der Waals surface area contributed by atoms with E-state index >= 15 is 0 Å². The molecule has 1 atom stereocenters. The van der Waals surface area contributed by atoms with Crippen molar-refractivity contribution >= 4 is 0 Å². The molecule has 2 aromatic heterocycles. The van der Waals surface area contributed by atoms with Gasteiger partial charge in [0, 0.05) is 13.6 Å². The first-order valence-corrected chi connectivity index (χ1v) is 5.74. The Labute approximate surface area is 105 Å². The van der Waals surface area contributed by atoms with Crippen LogP contribution in [0.5, 0.6) is 5.88 Å². The normalized spacial score (nSPS) is 12.7. The van der Waals surface area contributed by atoms with Gasteiger partial charge in [-0.2, -0.15) is 5.10 Å². The fourth-order valence-electron chi connectivity index (χ4n) is 2.08. The molecular weight excluding hydrogens is 234 g/mol. The number of nitrogens with zero attached hydrogens (tertiary/aromatic N) is 5. The minimum absolute atomic E-state index is 0.545. The van der Waals surface area contributed by atoms with Crippen LogP contribution in [-0.2, 0) is 13.6 Å². The summed E-state index contributed by atoms with van der Waals surface area (Å²) >= 11 is 0. The van der Waals surface area contributed by atoms with Crippen LogP contribution in [0.2, 0.25) is 0 Å². The molecule has 2 heterocycles. The highest BCUT2D eigenvalue weighted by Gasteiger charge is 2.25. The van der Waals surface area contributed by atoms with Gasteiger partial charge >= 0.3 is 0 Å². The zero-order valence-corrected chi connectivity index (χ0v) is 11.0. The number of aryl methyl sites for hydroxylation is 3. The quantitative estimate of drug-likeness (QED) is 0.852. The zero-order valence-electron chi connectivity index (χ0n) is 11.0. The third-order valence-corrected chi connectivity index (χ3v) is 2.91. The summed E-state index contributed by atoms with van der Waals surface area (Å²) < 4.78 is 8.53. The number of aliphatic hydroxyl groups excluding tert-OH is 1. The molecule has 0 amide bonds. The first-order valence-electron chi connectivity index (χ1n) is 5.74. The first kappa shape index (κ1) is 12.6. The van der Waals surface area contributed by atoms with Gasteiger partial charge in [0.15, 0.2) is 0 Å². The molecule has 98 valence electrons. The highest BCUT2D eigenvalue weighted by atomic mass is 16.5. The van der Waals surface area contributed by atoms with Crippen LogP contribution in [0, 0.1) is 6.92 Å². The summed E-state index contributed by atoms with van der Waals surface area (Å²) in [6.07, 6.45) is 0.712. The van der Waals surface area contributed by atoms with Gasteiger partial charge in [-0.25, -0.2) is 9.36 Å². The SMILES string of the molecule is CCn1nncc1C(O)c1c(C)nn(C)c1OC. The maximum Gasteiger partial charge on any atom is 0.217 e. The molecular formula is C11H17N5O2. The molecule has 1 N–H and O–H groups in total. The molecule has 0 radical (unpaired) electrons. The summed E-state index contributed by atoms with van der Waals surface area (Å²) in [5, 5.41) is 22.4. The van der Waals surface area contributed by atoms with Crippen LogP contribution in [-0.4, -0.2) is 37.0 Å². The molecule has 0 aliphatic heterocycles. The van der Waals surface area contributed by atoms with Gasteiger partial charge in [-0.1, -0.05) is 5.21 Å². The molecule has 0 aliphatic rings. The van der Waals surface area contributed by atoms with E-state index in [9.17, 15) is 5.11 Å². The van der Waals surface area contributed by atoms with E-state index in [-0.39, 0.29) is 0 Å². The second-order valence-corrected chi connectivity index (χ2v) is 4.01. The Hall–Kier alpha value is -1.89. The molecule has 2 aromatic rings. The van der Waals surface area contributed by atoms with Crippen molar-refractivity contribution in [1.82, 2.24) is 24.8 Å². The summed E-state index contributed by atoms with van der Waals surface area (Å²) in [5.74, 6) is 0.545. The number of methoxy groups -OCH3 is 1. The summed E-state index contributed by atoms with van der Waals surface area (Å²) in [6.45, 7) is 4.42. The topological polar surface area (TPSA) is 78.0 Å². The van der Waals surface area contributed by atoms with Crippen molar-refractivity contribution in [2.45, 2.75) is 26.5 Å². The Kier molecular flexibility index (Phi) is 3.33. The van der Waals surface area contributed by atoms with E-state index in [4.69, 9.17) is 4.74 Å². The van der Waals surface area contributed by atoms with Crippen LogP contribution in [0.1, 0.15) is 30.0 Å². The average Bonchev–Trinajstić information content (AvgIpc) is 2.92. The lowest BCUT2D eigenvalue weighted by atomic mass is 10.1. The number of hydrogen-bond donors (Lipinski definition) is 1. The predicted molar refractivity (Wildman–Crippen MR) is 64.3 cm³/mol. The maximum atomic E-state index is 10.5. The Balaban J connectivity index is 2.49.